The van der Waals surface area contributed by atoms with Crippen LogP contribution in [-0.4, -0.2) is 35.8 Å². The third-order valence-electron chi connectivity index (χ3n) is 4.29. The van der Waals surface area contributed by atoms with Gasteiger partial charge in [0.2, 0.25) is 11.8 Å². The van der Waals surface area contributed by atoms with E-state index in [4.69, 9.17) is 11.5 Å². The van der Waals surface area contributed by atoms with Gasteiger partial charge in [0.15, 0.2) is 0 Å². The number of carbonyl (C=O) groups is 2. The molecule has 3 atom stereocenters. The number of hydrogen-bond acceptors (Lipinski definition) is 3. The van der Waals surface area contributed by atoms with E-state index in [0.29, 0.717) is 19.5 Å². The minimum atomic E-state index is -0.534. The van der Waals surface area contributed by atoms with E-state index in [9.17, 15) is 9.59 Å². The number of likely N-dealkylation sites (tertiary alicyclic amines) is 1. The zero-order chi connectivity index (χ0) is 13.9. The summed E-state index contributed by atoms with van der Waals surface area (Å²) in [5.74, 6) is -0.486. The number of piperidine rings is 1. The molecule has 1 aliphatic heterocycles. The molecule has 1 heterocycles. The molecule has 0 spiro atoms. The Kier molecular flexibility index (Phi) is 4.73. The summed E-state index contributed by atoms with van der Waals surface area (Å²) in [6.45, 7) is 6.63. The van der Waals surface area contributed by atoms with Gasteiger partial charge < -0.3 is 16.4 Å². The molecule has 0 aromatic carbocycles. The normalized spacial score (nSPS) is 27.7. The minimum Gasteiger partial charge on any atom is -0.369 e. The topological polar surface area (TPSA) is 89.4 Å². The van der Waals surface area contributed by atoms with Crippen LogP contribution in [0.25, 0.3) is 0 Å². The molecule has 0 aromatic heterocycles. The van der Waals surface area contributed by atoms with Crippen LogP contribution in [0.4, 0.5) is 0 Å². The lowest BCUT2D eigenvalue weighted by Crippen LogP contribution is -2.54. The van der Waals surface area contributed by atoms with Crippen LogP contribution in [0.3, 0.4) is 0 Å². The van der Waals surface area contributed by atoms with Crippen LogP contribution in [0, 0.1) is 11.3 Å². The van der Waals surface area contributed by atoms with Crippen molar-refractivity contribution in [2.24, 2.45) is 22.8 Å². The molecule has 0 saturated carbocycles. The summed E-state index contributed by atoms with van der Waals surface area (Å²) in [4.78, 5) is 25.6. The molecule has 0 aliphatic carbocycles. The van der Waals surface area contributed by atoms with Gasteiger partial charge >= 0.3 is 0 Å². The van der Waals surface area contributed by atoms with Crippen LogP contribution in [-0.2, 0) is 9.59 Å². The van der Waals surface area contributed by atoms with Crippen molar-refractivity contribution in [1.82, 2.24) is 4.90 Å². The van der Waals surface area contributed by atoms with E-state index < -0.39 is 5.41 Å². The Morgan fingerprint density at radius 1 is 1.39 bits per heavy atom. The van der Waals surface area contributed by atoms with E-state index in [1.165, 1.54) is 0 Å². The molecule has 0 radical (unpaired) electrons. The number of primary amides is 1. The maximum absolute atomic E-state index is 12.6. The summed E-state index contributed by atoms with van der Waals surface area (Å²) in [5.41, 5.74) is 10.5. The predicted molar refractivity (Wildman–Crippen MR) is 70.5 cm³/mol. The first-order valence-corrected chi connectivity index (χ1v) is 6.66. The van der Waals surface area contributed by atoms with Crippen LogP contribution >= 0.6 is 0 Å². The van der Waals surface area contributed by atoms with Crippen LogP contribution in [0.1, 0.15) is 40.0 Å². The van der Waals surface area contributed by atoms with Crippen LogP contribution < -0.4 is 11.5 Å². The molecule has 3 unspecified atom stereocenters. The lowest BCUT2D eigenvalue weighted by molar-refractivity contribution is -0.146. The van der Waals surface area contributed by atoms with Crippen molar-refractivity contribution < 1.29 is 9.59 Å². The Balaban J connectivity index is 2.85. The molecular weight excluding hydrogens is 230 g/mol. The van der Waals surface area contributed by atoms with Gasteiger partial charge in [-0.05, 0) is 33.1 Å². The molecule has 1 fully saturated rings. The Hall–Kier alpha value is -1.10. The molecule has 104 valence electrons. The second-order valence-electron chi connectivity index (χ2n) is 5.60. The highest BCUT2D eigenvalue weighted by Crippen LogP contribution is 2.29. The van der Waals surface area contributed by atoms with Crippen molar-refractivity contribution in [3.05, 3.63) is 0 Å². The van der Waals surface area contributed by atoms with Gasteiger partial charge in [-0.3, -0.25) is 9.59 Å². The largest absolute Gasteiger partial charge is 0.369 e. The fraction of sp³-hybridized carbons (Fsp3) is 0.846. The van der Waals surface area contributed by atoms with Gasteiger partial charge in [0.1, 0.15) is 0 Å². The van der Waals surface area contributed by atoms with E-state index >= 15 is 0 Å². The number of carbonyl (C=O) groups excluding carboxylic acids is 2. The maximum atomic E-state index is 12.6. The molecular formula is C13H25N3O2. The van der Waals surface area contributed by atoms with Gasteiger partial charge in [0.05, 0.1) is 11.3 Å². The molecule has 4 N–H and O–H groups in total. The standard InChI is InChI=1S/C13H25N3O2/c1-4-13(3,8-14)12(18)16-7-10(11(15)17)6-5-9(16)2/h9-10H,4-8,14H2,1-3H3,(H2,15,17). The van der Waals surface area contributed by atoms with Crippen LogP contribution in [0.2, 0.25) is 0 Å². The van der Waals surface area contributed by atoms with Crippen molar-refractivity contribution in [3.8, 4) is 0 Å². The summed E-state index contributed by atoms with van der Waals surface area (Å²) < 4.78 is 0. The van der Waals surface area contributed by atoms with Gasteiger partial charge in [-0.25, -0.2) is 0 Å². The lowest BCUT2D eigenvalue weighted by atomic mass is 9.83. The second kappa shape index (κ2) is 5.69. The zero-order valence-corrected chi connectivity index (χ0v) is 11.6. The Morgan fingerprint density at radius 3 is 2.44 bits per heavy atom. The third-order valence-corrected chi connectivity index (χ3v) is 4.29. The maximum Gasteiger partial charge on any atom is 0.230 e. The quantitative estimate of drug-likeness (QED) is 0.765. The van der Waals surface area contributed by atoms with Gasteiger partial charge in [-0.1, -0.05) is 6.92 Å². The van der Waals surface area contributed by atoms with Gasteiger partial charge in [-0.2, -0.15) is 0 Å². The smallest absolute Gasteiger partial charge is 0.230 e. The Morgan fingerprint density at radius 2 is 2.00 bits per heavy atom. The molecule has 1 aliphatic rings. The van der Waals surface area contributed by atoms with E-state index in [1.54, 1.807) is 4.90 Å². The highest BCUT2D eigenvalue weighted by atomic mass is 16.2. The molecule has 1 saturated heterocycles. The summed E-state index contributed by atoms with van der Waals surface area (Å²) in [7, 11) is 0. The highest BCUT2D eigenvalue weighted by molar-refractivity contribution is 5.84. The van der Waals surface area contributed by atoms with E-state index in [-0.39, 0.29) is 23.8 Å². The predicted octanol–water partition coefficient (Wildman–Crippen LogP) is 0.474. The minimum absolute atomic E-state index is 0.0472. The zero-order valence-electron chi connectivity index (χ0n) is 11.6. The highest BCUT2D eigenvalue weighted by Gasteiger charge is 2.39. The fourth-order valence-electron chi connectivity index (χ4n) is 2.35. The van der Waals surface area contributed by atoms with Crippen molar-refractivity contribution in [3.63, 3.8) is 0 Å². The van der Waals surface area contributed by atoms with Crippen molar-refractivity contribution >= 4 is 11.8 Å². The van der Waals surface area contributed by atoms with Gasteiger partial charge in [0, 0.05) is 19.1 Å². The molecule has 0 bridgehead atoms. The monoisotopic (exact) mass is 255 g/mol. The Bertz CT molecular complexity index is 326. The summed E-state index contributed by atoms with van der Waals surface area (Å²) >= 11 is 0. The third kappa shape index (κ3) is 2.83. The SMILES string of the molecule is CCC(C)(CN)C(=O)N1CC(C(N)=O)CCC1C. The van der Waals surface area contributed by atoms with Crippen molar-refractivity contribution in [2.45, 2.75) is 46.1 Å². The summed E-state index contributed by atoms with van der Waals surface area (Å²) in [5, 5.41) is 0. The second-order valence-corrected chi connectivity index (χ2v) is 5.60. The fourth-order valence-corrected chi connectivity index (χ4v) is 2.35. The molecule has 18 heavy (non-hydrogen) atoms. The molecule has 2 amide bonds. The number of hydrogen-bond donors (Lipinski definition) is 2. The van der Waals surface area contributed by atoms with Crippen LogP contribution in [0.5, 0.6) is 0 Å². The van der Waals surface area contributed by atoms with E-state index in [0.717, 1.165) is 12.8 Å². The van der Waals surface area contributed by atoms with Crippen LogP contribution in [0.15, 0.2) is 0 Å². The van der Waals surface area contributed by atoms with E-state index in [2.05, 4.69) is 0 Å². The Labute approximate surface area is 109 Å². The molecule has 0 aromatic rings. The van der Waals surface area contributed by atoms with Crippen molar-refractivity contribution in [1.29, 1.82) is 0 Å². The number of rotatable bonds is 4. The first-order chi connectivity index (χ1) is 8.35. The average molecular weight is 255 g/mol. The first-order valence-electron chi connectivity index (χ1n) is 6.66. The molecule has 1 rings (SSSR count). The molecule has 5 nitrogen and oxygen atoms in total. The number of amides is 2. The average Bonchev–Trinajstić information content (AvgIpc) is 2.37. The van der Waals surface area contributed by atoms with Crippen molar-refractivity contribution in [2.75, 3.05) is 13.1 Å². The van der Waals surface area contributed by atoms with E-state index in [1.807, 2.05) is 20.8 Å². The summed E-state index contributed by atoms with van der Waals surface area (Å²) in [6.07, 6.45) is 2.29. The molecule has 5 heteroatoms. The van der Waals surface area contributed by atoms with Gasteiger partial charge in [-0.15, -0.1) is 0 Å². The first kappa shape index (κ1) is 15.0. The summed E-state index contributed by atoms with van der Waals surface area (Å²) in [6, 6.07) is 0.158. The number of nitrogens with two attached hydrogens (primary N) is 2. The van der Waals surface area contributed by atoms with Gasteiger partial charge in [0.25, 0.3) is 0 Å². The number of nitrogens with zero attached hydrogens (tertiary/aromatic N) is 1. The lowest BCUT2D eigenvalue weighted by Gasteiger charge is -2.41.